The number of rotatable bonds is 17. The van der Waals surface area contributed by atoms with Crippen molar-refractivity contribution < 1.29 is 61.8 Å². The average molecular weight is 1030 g/mol. The number of thiazole rings is 1. The molecule has 71 heavy (non-hydrogen) atoms. The number of carbonyl (C=O) groups excluding carboxylic acids is 6. The Morgan fingerprint density at radius 3 is 2.41 bits per heavy atom. The SMILES string of the molecule is [B]OC(=O)C1(O/N=C(\C(=O)NC2C(=O)N3C(C(=O)OCc4ccc(OC)cc4)=C(C[n+]4cccc5c4ccn5CCCN(C)C(=O)OC(C)(C)C)CSC23)c2nc(NC(=O)OC(C)(C)C)sc2Cl)CCC1. The molecule has 3 aliphatic rings. The average Bonchev–Trinajstić information content (AvgIpc) is 3.88. The van der Waals surface area contributed by atoms with Crippen molar-refractivity contribution in [3.05, 3.63) is 81.7 Å². The molecule has 2 atom stereocenters. The van der Waals surface area contributed by atoms with E-state index in [1.807, 2.05) is 55.9 Å². The minimum Gasteiger partial charge on any atom is -0.540 e. The predicted molar refractivity (Wildman–Crippen MR) is 263 cm³/mol. The Balaban J connectivity index is 1.14. The lowest BCUT2D eigenvalue weighted by Crippen LogP contribution is -2.71. The first-order valence-corrected chi connectivity index (χ1v) is 24.9. The highest BCUT2D eigenvalue weighted by molar-refractivity contribution is 8.00. The number of benzene rings is 1. The fraction of sp³-hybridized carbons (Fsp3) is 0.468. The number of nitrogens with zero attached hydrogens (tertiary/aromatic N) is 6. The summed E-state index contributed by atoms with van der Waals surface area (Å²) >= 11 is 8.74. The Morgan fingerprint density at radius 1 is 1.04 bits per heavy atom. The van der Waals surface area contributed by atoms with E-state index in [1.54, 1.807) is 64.1 Å². The van der Waals surface area contributed by atoms with Crippen molar-refractivity contribution in [2.45, 2.75) is 115 Å². The Morgan fingerprint density at radius 2 is 1.76 bits per heavy atom. The van der Waals surface area contributed by atoms with Crippen LogP contribution in [0.2, 0.25) is 4.34 Å². The molecule has 1 saturated carbocycles. The van der Waals surface area contributed by atoms with Crippen molar-refractivity contribution in [2.24, 2.45) is 5.16 Å². The topological polar surface area (TPSA) is 222 Å². The van der Waals surface area contributed by atoms with E-state index in [1.165, 1.54) is 16.7 Å². The molecule has 7 rings (SSSR count). The molecule has 0 bridgehead atoms. The molecule has 0 spiro atoms. The maximum Gasteiger partial charge on any atom is 0.413 e. The summed E-state index contributed by atoms with van der Waals surface area (Å²) in [5, 5.41) is 8.44. The molecule has 2 fully saturated rings. The number of hydrogen-bond donors (Lipinski definition) is 2. The summed E-state index contributed by atoms with van der Waals surface area (Å²) in [6.45, 7) is 11.7. The minimum absolute atomic E-state index is 0.0386. The van der Waals surface area contributed by atoms with Crippen molar-refractivity contribution in [3.8, 4) is 5.75 Å². The Bertz CT molecular complexity index is 2760. The molecule has 4 amide bonds. The van der Waals surface area contributed by atoms with E-state index in [-0.39, 0.29) is 52.6 Å². The van der Waals surface area contributed by atoms with Gasteiger partial charge in [0.2, 0.25) is 11.1 Å². The second-order valence-electron chi connectivity index (χ2n) is 19.0. The summed E-state index contributed by atoms with van der Waals surface area (Å²) in [4.78, 5) is 93.8. The highest BCUT2D eigenvalue weighted by Crippen LogP contribution is 2.42. The van der Waals surface area contributed by atoms with E-state index in [9.17, 15) is 28.8 Å². The number of pyridine rings is 1. The molecule has 4 aromatic rings. The molecule has 376 valence electrons. The number of aromatic nitrogens is 3. The van der Waals surface area contributed by atoms with Crippen molar-refractivity contribution >= 4 is 101 Å². The van der Waals surface area contributed by atoms with Crippen LogP contribution >= 0.6 is 34.7 Å². The first-order valence-electron chi connectivity index (χ1n) is 22.6. The molecule has 3 aromatic heterocycles. The number of carbonyl (C=O) groups is 6. The predicted octanol–water partition coefficient (Wildman–Crippen LogP) is 6.02. The zero-order chi connectivity index (χ0) is 51.4. The van der Waals surface area contributed by atoms with Crippen molar-refractivity contribution in [2.75, 3.05) is 31.8 Å². The van der Waals surface area contributed by atoms with E-state index < -0.39 is 69.9 Å². The lowest BCUT2D eigenvalue weighted by Gasteiger charge is -2.49. The van der Waals surface area contributed by atoms with E-state index >= 15 is 0 Å². The Hall–Kier alpha value is -6.33. The van der Waals surface area contributed by atoms with Gasteiger partial charge in [-0.05, 0) is 78.1 Å². The zero-order valence-corrected chi connectivity index (χ0v) is 43.0. The van der Waals surface area contributed by atoms with Crippen molar-refractivity contribution in [3.63, 3.8) is 0 Å². The third kappa shape index (κ3) is 12.2. The summed E-state index contributed by atoms with van der Waals surface area (Å²) in [5.74, 6) is -2.34. The number of hydrogen-bond acceptors (Lipinski definition) is 16. The standard InChI is InChI=1S/C47H54BClN8O12S2/c1-45(2,3)66-43(62)52-42-51-32(36(49)71-42)33(53-69-47(18-10-19-47)41(61)68-48)37(58)50-34-38(59)57-35(40(60)65-25-27-13-15-29(64-8)16-14-27)28(26-70-39(34)57)24-56-21-9-12-30-31(56)17-23-55(30)22-11-20-54(7)44(63)67-46(4,5)6/h9,12-17,21,23,34,39H,10-11,18-20,22,24-26H2,1-8H3,(H-,50,51,52,58,62)/p+1/b53-33-. The normalized spacial score (nSPS) is 17.6. The Labute approximate surface area is 424 Å². The lowest BCUT2D eigenvalue weighted by molar-refractivity contribution is -0.663. The molecule has 24 heteroatoms. The molecule has 1 aliphatic carbocycles. The van der Waals surface area contributed by atoms with Gasteiger partial charge in [-0.3, -0.25) is 19.8 Å². The molecule has 1 saturated heterocycles. The monoisotopic (exact) mass is 1030 g/mol. The number of methoxy groups -OCH3 is 1. The number of oxime groups is 1. The van der Waals surface area contributed by atoms with Crippen LogP contribution in [0.5, 0.6) is 5.75 Å². The van der Waals surface area contributed by atoms with E-state index in [2.05, 4.69) is 30.0 Å². The molecule has 20 nitrogen and oxygen atoms in total. The van der Waals surface area contributed by atoms with Gasteiger partial charge in [-0.25, -0.2) is 24.2 Å². The largest absolute Gasteiger partial charge is 0.540 e. The van der Waals surface area contributed by atoms with Gasteiger partial charge in [0.05, 0.1) is 7.11 Å². The van der Waals surface area contributed by atoms with Crippen LogP contribution in [0.15, 0.2) is 71.3 Å². The van der Waals surface area contributed by atoms with Crippen LogP contribution in [0.1, 0.15) is 78.5 Å². The van der Waals surface area contributed by atoms with Gasteiger partial charge in [0.1, 0.15) is 56.2 Å². The molecular formula is C47H55BClN8O12S2+. The smallest absolute Gasteiger partial charge is 0.413 e. The number of esters is 1. The number of fused-ring (bicyclic) bond motifs is 2. The number of thioether (sulfide) groups is 1. The molecule has 2 aliphatic heterocycles. The molecular weight excluding hydrogens is 979 g/mol. The van der Waals surface area contributed by atoms with Crippen molar-refractivity contribution in [1.29, 1.82) is 0 Å². The molecule has 1 aromatic carbocycles. The first-order chi connectivity index (χ1) is 33.6. The van der Waals surface area contributed by atoms with Gasteiger partial charge in [0, 0.05) is 62.6 Å². The second kappa shape index (κ2) is 21.6. The summed E-state index contributed by atoms with van der Waals surface area (Å²) in [6, 6.07) is 11.7. The fourth-order valence-electron chi connectivity index (χ4n) is 7.76. The van der Waals surface area contributed by atoms with Crippen LogP contribution in [0.25, 0.3) is 11.0 Å². The fourth-order valence-corrected chi connectivity index (χ4v) is 10.1. The number of halogens is 1. The van der Waals surface area contributed by atoms with Gasteiger partial charge in [0.25, 0.3) is 11.8 Å². The zero-order valence-electron chi connectivity index (χ0n) is 40.6. The van der Waals surface area contributed by atoms with E-state index in [4.69, 9.17) is 43.4 Å². The number of ether oxygens (including phenoxy) is 4. The molecule has 2 unspecified atom stereocenters. The highest BCUT2D eigenvalue weighted by Gasteiger charge is 2.55. The summed E-state index contributed by atoms with van der Waals surface area (Å²) in [6.07, 6.45) is 4.22. The van der Waals surface area contributed by atoms with Crippen LogP contribution in [0.3, 0.4) is 0 Å². The van der Waals surface area contributed by atoms with Crippen LogP contribution in [-0.2, 0) is 62.6 Å². The third-order valence-electron chi connectivity index (χ3n) is 11.4. The van der Waals surface area contributed by atoms with Crippen molar-refractivity contribution in [1.82, 2.24) is 24.7 Å². The quantitative estimate of drug-likeness (QED) is 0.0235. The van der Waals surface area contributed by atoms with Gasteiger partial charge < -0.3 is 43.2 Å². The summed E-state index contributed by atoms with van der Waals surface area (Å²) in [5.41, 5.74) is -0.680. The number of nitrogens with one attached hydrogen (secondary N) is 2. The number of amides is 4. The minimum atomic E-state index is -1.59. The maximum atomic E-state index is 14.4. The lowest BCUT2D eigenvalue weighted by atomic mass is 9.80. The molecule has 2 radical (unpaired) electrons. The number of aryl methyl sites for hydroxylation is 1. The second-order valence-corrected chi connectivity index (χ2v) is 21.7. The van der Waals surface area contributed by atoms with Gasteiger partial charge in [-0.2, -0.15) is 4.57 Å². The molecule has 5 heterocycles. The van der Waals surface area contributed by atoms with Crippen LogP contribution in [0.4, 0.5) is 14.7 Å². The van der Waals surface area contributed by atoms with Gasteiger partial charge in [-0.1, -0.05) is 40.2 Å². The Kier molecular flexibility index (Phi) is 16.0. The van der Waals surface area contributed by atoms with Gasteiger partial charge in [-0.15, -0.1) is 11.8 Å². The number of anilines is 1. The van der Waals surface area contributed by atoms with E-state index in [0.29, 0.717) is 42.8 Å². The number of β-lactam (4-membered cyclic amide) rings is 1. The van der Waals surface area contributed by atoms with Crippen LogP contribution < -0.4 is 19.9 Å². The molecule has 2 N–H and O–H groups in total. The summed E-state index contributed by atoms with van der Waals surface area (Å²) < 4.78 is 30.4. The van der Waals surface area contributed by atoms with Gasteiger partial charge in [0.15, 0.2) is 23.6 Å². The summed E-state index contributed by atoms with van der Waals surface area (Å²) in [7, 11) is 8.45. The van der Waals surface area contributed by atoms with Gasteiger partial charge >= 0.3 is 32.2 Å². The van der Waals surface area contributed by atoms with E-state index in [0.717, 1.165) is 22.4 Å². The third-order valence-corrected chi connectivity index (χ3v) is 13.9. The maximum absolute atomic E-state index is 14.4. The van der Waals surface area contributed by atoms with Crippen LogP contribution in [-0.4, -0.2) is 124 Å². The highest BCUT2D eigenvalue weighted by atomic mass is 35.5. The van der Waals surface area contributed by atoms with Crippen LogP contribution in [0, 0.1) is 0 Å². The first kappa shape index (κ1) is 52.5.